The van der Waals surface area contributed by atoms with E-state index in [4.69, 9.17) is 0 Å². The summed E-state index contributed by atoms with van der Waals surface area (Å²) in [6, 6.07) is 6.37. The normalized spacial score (nSPS) is 20.4. The zero-order chi connectivity index (χ0) is 17.8. The number of hydrogen-bond acceptors (Lipinski definition) is 4. The highest BCUT2D eigenvalue weighted by molar-refractivity contribution is 8.00. The Morgan fingerprint density at radius 1 is 1.36 bits per heavy atom. The molecule has 25 heavy (non-hydrogen) atoms. The lowest BCUT2D eigenvalue weighted by molar-refractivity contribution is -0.136. The second-order valence-electron chi connectivity index (χ2n) is 6.77. The van der Waals surface area contributed by atoms with Crippen molar-refractivity contribution in [1.82, 2.24) is 10.2 Å². The molecule has 1 fully saturated rings. The lowest BCUT2D eigenvalue weighted by Crippen LogP contribution is -2.49. The van der Waals surface area contributed by atoms with Gasteiger partial charge in [0, 0.05) is 16.7 Å². The Morgan fingerprint density at radius 2 is 2.16 bits per heavy atom. The monoisotopic (exact) mass is 378 g/mol. The molecule has 0 spiro atoms. The number of nitrogens with zero attached hydrogens (tertiary/aromatic N) is 1. The molecule has 0 saturated carbocycles. The van der Waals surface area contributed by atoms with Gasteiger partial charge in [-0.2, -0.15) is 0 Å². The van der Waals surface area contributed by atoms with Gasteiger partial charge in [0.1, 0.15) is 6.04 Å². The molecule has 1 N–H and O–H groups in total. The van der Waals surface area contributed by atoms with Crippen LogP contribution < -0.4 is 5.32 Å². The molecule has 0 aromatic heterocycles. The lowest BCUT2D eigenvalue weighted by atomic mass is 10.1. The number of amides is 2. The molecular weight excluding hydrogens is 352 g/mol. The molecule has 6 heteroatoms. The van der Waals surface area contributed by atoms with E-state index in [9.17, 15) is 9.59 Å². The zero-order valence-corrected chi connectivity index (χ0v) is 16.5. The number of aryl methyl sites for hydroxylation is 2. The molecule has 2 atom stereocenters. The number of fused-ring (bicyclic) bond motifs is 1. The molecule has 1 aromatic carbocycles. The Morgan fingerprint density at radius 3 is 2.96 bits per heavy atom. The van der Waals surface area contributed by atoms with E-state index in [2.05, 4.69) is 23.5 Å². The van der Waals surface area contributed by atoms with Crippen LogP contribution in [0.2, 0.25) is 0 Å². The molecule has 2 aliphatic rings. The van der Waals surface area contributed by atoms with Crippen molar-refractivity contribution in [3.05, 3.63) is 29.3 Å². The first-order valence-electron chi connectivity index (χ1n) is 9.00. The summed E-state index contributed by atoms with van der Waals surface area (Å²) in [5.74, 6) is 1.74. The molecule has 1 aromatic rings. The Kier molecular flexibility index (Phi) is 6.34. The van der Waals surface area contributed by atoms with E-state index in [0.717, 1.165) is 17.7 Å². The second-order valence-corrected chi connectivity index (χ2v) is 8.82. The minimum Gasteiger partial charge on any atom is -0.352 e. The third-order valence-electron chi connectivity index (χ3n) is 4.94. The predicted octanol–water partition coefficient (Wildman–Crippen LogP) is 3.08. The highest BCUT2D eigenvalue weighted by Gasteiger charge is 2.34. The van der Waals surface area contributed by atoms with Crippen molar-refractivity contribution < 1.29 is 9.59 Å². The van der Waals surface area contributed by atoms with Crippen molar-refractivity contribution in [2.24, 2.45) is 0 Å². The Hall–Kier alpha value is -1.14. The van der Waals surface area contributed by atoms with E-state index >= 15 is 0 Å². The lowest BCUT2D eigenvalue weighted by Gasteiger charge is -2.24. The maximum atomic E-state index is 12.6. The Balaban J connectivity index is 1.55. The van der Waals surface area contributed by atoms with Gasteiger partial charge in [0.05, 0.1) is 11.6 Å². The summed E-state index contributed by atoms with van der Waals surface area (Å²) in [6.45, 7) is 4.04. The van der Waals surface area contributed by atoms with Crippen molar-refractivity contribution in [2.45, 2.75) is 56.5 Å². The molecule has 1 saturated heterocycles. The van der Waals surface area contributed by atoms with Gasteiger partial charge in [0.25, 0.3) is 0 Å². The molecule has 4 nitrogen and oxygen atoms in total. The van der Waals surface area contributed by atoms with Crippen molar-refractivity contribution >= 4 is 35.3 Å². The number of carbonyl (C=O) groups excluding carboxylic acids is 2. The Bertz CT molecular complexity index is 650. The molecular formula is C19H26N2O2S2. The van der Waals surface area contributed by atoms with Crippen LogP contribution >= 0.6 is 23.5 Å². The fourth-order valence-corrected chi connectivity index (χ4v) is 5.24. The van der Waals surface area contributed by atoms with Crippen LogP contribution in [0.5, 0.6) is 0 Å². The average molecular weight is 379 g/mol. The summed E-state index contributed by atoms with van der Waals surface area (Å²) in [5, 5.41) is 3.01. The Labute approximate surface area is 158 Å². The van der Waals surface area contributed by atoms with Crippen molar-refractivity contribution in [2.75, 3.05) is 17.4 Å². The maximum absolute atomic E-state index is 12.6. The summed E-state index contributed by atoms with van der Waals surface area (Å²) < 4.78 is 0. The van der Waals surface area contributed by atoms with Gasteiger partial charge in [-0.05, 0) is 55.9 Å². The number of carbonyl (C=O) groups is 2. The van der Waals surface area contributed by atoms with Gasteiger partial charge < -0.3 is 10.2 Å². The highest BCUT2D eigenvalue weighted by atomic mass is 32.2. The first-order chi connectivity index (χ1) is 12.1. The third kappa shape index (κ3) is 4.53. The van der Waals surface area contributed by atoms with Gasteiger partial charge >= 0.3 is 0 Å². The van der Waals surface area contributed by atoms with Crippen LogP contribution in [0, 0.1) is 0 Å². The maximum Gasteiger partial charge on any atom is 0.243 e. The van der Waals surface area contributed by atoms with Gasteiger partial charge in [-0.1, -0.05) is 13.0 Å². The molecule has 1 aliphatic heterocycles. The van der Waals surface area contributed by atoms with Crippen molar-refractivity contribution in [1.29, 1.82) is 0 Å². The molecule has 0 radical (unpaired) electrons. The van der Waals surface area contributed by atoms with Crippen molar-refractivity contribution in [3.63, 3.8) is 0 Å². The topological polar surface area (TPSA) is 49.4 Å². The smallest absolute Gasteiger partial charge is 0.243 e. The van der Waals surface area contributed by atoms with Gasteiger partial charge in [-0.25, -0.2) is 0 Å². The fourth-order valence-electron chi connectivity index (χ4n) is 3.21. The molecule has 3 rings (SSSR count). The largest absolute Gasteiger partial charge is 0.352 e. The standard InChI is InChI=1S/C19H26N2O2S2/c1-3-13(2)20-19(23)17-10-24-12-21(17)18(22)11-25-16-8-7-14-5-4-6-15(14)9-16/h7-9,13,17H,3-6,10-12H2,1-2H3,(H,20,23)/t13-,17-/m1/s1. The van der Waals surface area contributed by atoms with Crippen LogP contribution in [0.25, 0.3) is 0 Å². The van der Waals surface area contributed by atoms with E-state index in [-0.39, 0.29) is 23.9 Å². The van der Waals surface area contributed by atoms with Crippen molar-refractivity contribution in [3.8, 4) is 0 Å². The van der Waals surface area contributed by atoms with Crippen LogP contribution in [0.1, 0.15) is 37.8 Å². The molecule has 136 valence electrons. The molecule has 1 aliphatic carbocycles. The van der Waals surface area contributed by atoms with Gasteiger partial charge in [-0.15, -0.1) is 23.5 Å². The average Bonchev–Trinajstić information content (AvgIpc) is 3.27. The van der Waals surface area contributed by atoms with E-state index in [1.807, 2.05) is 13.8 Å². The molecule has 2 amide bonds. The van der Waals surface area contributed by atoms with Gasteiger partial charge in [0.15, 0.2) is 0 Å². The van der Waals surface area contributed by atoms with E-state index < -0.39 is 0 Å². The molecule has 0 bridgehead atoms. The third-order valence-corrected chi connectivity index (χ3v) is 6.93. The minimum absolute atomic E-state index is 0.0183. The molecule has 1 heterocycles. The molecule has 0 unspecified atom stereocenters. The number of thioether (sulfide) groups is 2. The van der Waals surface area contributed by atoms with Gasteiger partial charge in [-0.3, -0.25) is 9.59 Å². The van der Waals surface area contributed by atoms with Crippen LogP contribution in [-0.2, 0) is 22.4 Å². The number of benzene rings is 1. The second kappa shape index (κ2) is 8.49. The SMILES string of the molecule is CC[C@@H](C)NC(=O)[C@H]1CSCN1C(=O)CSc1ccc2c(c1)CCC2. The van der Waals surface area contributed by atoms with Crippen LogP contribution in [-0.4, -0.2) is 46.2 Å². The van der Waals surface area contributed by atoms with Crippen LogP contribution in [0.4, 0.5) is 0 Å². The predicted molar refractivity (Wildman–Crippen MR) is 105 cm³/mol. The van der Waals surface area contributed by atoms with Crippen LogP contribution in [0.3, 0.4) is 0 Å². The summed E-state index contributed by atoms with van der Waals surface area (Å²) >= 11 is 3.24. The summed E-state index contributed by atoms with van der Waals surface area (Å²) in [4.78, 5) is 27.9. The summed E-state index contributed by atoms with van der Waals surface area (Å²) in [5.41, 5.74) is 2.88. The minimum atomic E-state index is -0.327. The number of hydrogen-bond donors (Lipinski definition) is 1. The van der Waals surface area contributed by atoms with Crippen LogP contribution in [0.15, 0.2) is 23.1 Å². The first-order valence-corrected chi connectivity index (χ1v) is 11.1. The van der Waals surface area contributed by atoms with E-state index in [0.29, 0.717) is 17.4 Å². The zero-order valence-electron chi connectivity index (χ0n) is 14.9. The number of rotatable bonds is 6. The van der Waals surface area contributed by atoms with E-state index in [1.165, 1.54) is 24.0 Å². The van der Waals surface area contributed by atoms with Gasteiger partial charge in [0.2, 0.25) is 11.8 Å². The quantitative estimate of drug-likeness (QED) is 0.773. The highest BCUT2D eigenvalue weighted by Crippen LogP contribution is 2.29. The van der Waals surface area contributed by atoms with E-state index in [1.54, 1.807) is 28.4 Å². The summed E-state index contributed by atoms with van der Waals surface area (Å²) in [6.07, 6.45) is 4.46. The number of nitrogens with one attached hydrogen (secondary N) is 1. The first kappa shape index (κ1) is 18.6. The fraction of sp³-hybridized carbons (Fsp3) is 0.579. The summed E-state index contributed by atoms with van der Waals surface area (Å²) in [7, 11) is 0.